The molecule has 3 fully saturated rings. The largest absolute Gasteiger partial charge is 0.497 e. The van der Waals surface area contributed by atoms with Crippen LogP contribution in [0.25, 0.3) is 0 Å². The first-order valence-corrected chi connectivity index (χ1v) is 23.6. The van der Waals surface area contributed by atoms with Gasteiger partial charge in [0.1, 0.15) is 22.7 Å². The fourth-order valence-corrected chi connectivity index (χ4v) is 10.9. The zero-order valence-corrected chi connectivity index (χ0v) is 41.4. The molecule has 2 heterocycles. The maximum atomic E-state index is 13.3. The van der Waals surface area contributed by atoms with E-state index in [4.69, 9.17) is 65.4 Å². The number of rotatable bonds is 6. The molecule has 1 saturated carbocycles. The Balaban J connectivity index is 0.000000196. The fraction of sp³-hybridized carbons (Fsp3) is 0.423. The third kappa shape index (κ3) is 10.7. The van der Waals surface area contributed by atoms with Crippen molar-refractivity contribution in [1.82, 2.24) is 9.80 Å². The molecule has 0 radical (unpaired) electrons. The van der Waals surface area contributed by atoms with Crippen molar-refractivity contribution in [2.45, 2.75) is 89.3 Å². The van der Waals surface area contributed by atoms with Crippen molar-refractivity contribution in [1.29, 1.82) is 0 Å². The van der Waals surface area contributed by atoms with E-state index in [1.54, 1.807) is 61.8 Å². The number of hydrogen-bond donors (Lipinski definition) is 0. The lowest BCUT2D eigenvalue weighted by Gasteiger charge is -2.39. The molecule has 4 aliphatic rings. The Morgan fingerprint density at radius 1 is 0.545 bits per heavy atom. The lowest BCUT2D eigenvalue weighted by atomic mass is 9.63. The highest BCUT2D eigenvalue weighted by Crippen LogP contribution is 2.55. The summed E-state index contributed by atoms with van der Waals surface area (Å²) in [7, 11) is 3.21. The van der Waals surface area contributed by atoms with Crippen LogP contribution in [0.5, 0.6) is 11.5 Å². The van der Waals surface area contributed by atoms with Crippen molar-refractivity contribution in [3.05, 3.63) is 139 Å². The van der Waals surface area contributed by atoms with Crippen LogP contribution < -0.4 is 9.47 Å². The van der Waals surface area contributed by atoms with E-state index in [1.807, 2.05) is 91.0 Å². The van der Waals surface area contributed by atoms with E-state index in [9.17, 15) is 19.2 Å². The monoisotopic (exact) mass is 976 g/mol. The van der Waals surface area contributed by atoms with Gasteiger partial charge >= 0.3 is 12.2 Å². The summed E-state index contributed by atoms with van der Waals surface area (Å²) in [4.78, 5) is 54.6. The summed E-state index contributed by atoms with van der Waals surface area (Å²) < 4.78 is 21.7. The van der Waals surface area contributed by atoms with E-state index in [2.05, 4.69) is 0 Å². The first-order chi connectivity index (χ1) is 31.2. The van der Waals surface area contributed by atoms with Crippen LogP contribution in [0.15, 0.2) is 97.1 Å². The number of amides is 4. The third-order valence-corrected chi connectivity index (χ3v) is 14.0. The third-order valence-electron chi connectivity index (χ3n) is 12.9. The second-order valence-electron chi connectivity index (χ2n) is 19.3. The van der Waals surface area contributed by atoms with Crippen LogP contribution >= 0.6 is 46.4 Å². The predicted octanol–water partition coefficient (Wildman–Crippen LogP) is 13.1. The molecule has 10 nitrogen and oxygen atoms in total. The Labute approximate surface area is 407 Å². The molecule has 0 bridgehead atoms. The molecule has 2 saturated heterocycles. The molecular weight excluding hydrogens is 922 g/mol. The zero-order chi connectivity index (χ0) is 47.8. The number of likely N-dealkylation sites (tertiary alicyclic amines) is 2. The number of imide groups is 2. The van der Waals surface area contributed by atoms with E-state index in [1.165, 1.54) is 9.80 Å². The summed E-state index contributed by atoms with van der Waals surface area (Å²) in [5.74, 6) is 0.123. The number of nitrogens with zero attached hydrogens (tertiary/aromatic N) is 2. The average Bonchev–Trinajstić information content (AvgIpc) is 3.78. The van der Waals surface area contributed by atoms with E-state index < -0.39 is 29.3 Å². The van der Waals surface area contributed by atoms with Gasteiger partial charge in [0.25, 0.3) is 0 Å². The number of benzene rings is 4. The number of hydrogen-bond acceptors (Lipinski definition) is 8. The number of methoxy groups -OCH3 is 2. The summed E-state index contributed by atoms with van der Waals surface area (Å²) >= 11 is 25.7. The Morgan fingerprint density at radius 3 is 1.47 bits per heavy atom. The summed E-state index contributed by atoms with van der Waals surface area (Å²) in [5.41, 5.74) is 2.74. The highest BCUT2D eigenvalue weighted by molar-refractivity contribution is 6.32. The van der Waals surface area contributed by atoms with Gasteiger partial charge < -0.3 is 18.9 Å². The summed E-state index contributed by atoms with van der Waals surface area (Å²) in [6.07, 6.45) is 4.24. The summed E-state index contributed by atoms with van der Waals surface area (Å²) in [6.45, 7) is 11.4. The normalized spacial score (nSPS) is 24.8. The first-order valence-electron chi connectivity index (χ1n) is 22.1. The van der Waals surface area contributed by atoms with Gasteiger partial charge in [0.05, 0.1) is 20.1 Å². The van der Waals surface area contributed by atoms with Gasteiger partial charge in [-0.1, -0.05) is 95.0 Å². The van der Waals surface area contributed by atoms with Crippen LogP contribution in [-0.2, 0) is 19.1 Å². The van der Waals surface area contributed by atoms with E-state index in [0.29, 0.717) is 44.6 Å². The molecule has 2 aliphatic heterocycles. The Kier molecular flexibility index (Phi) is 14.8. The van der Waals surface area contributed by atoms with Crippen molar-refractivity contribution in [2.75, 3.05) is 27.3 Å². The molecule has 4 aromatic rings. The fourth-order valence-electron chi connectivity index (χ4n) is 10.1. The van der Waals surface area contributed by atoms with Gasteiger partial charge in [0, 0.05) is 45.0 Å². The lowest BCUT2D eigenvalue weighted by molar-refractivity contribution is -0.131. The predicted molar refractivity (Wildman–Crippen MR) is 258 cm³/mol. The molecule has 4 amide bonds. The number of carbonyl (C=O) groups excluding carboxylic acids is 4. The van der Waals surface area contributed by atoms with Gasteiger partial charge in [-0.3, -0.25) is 9.59 Å². The highest BCUT2D eigenvalue weighted by Gasteiger charge is 2.53. The SMILES string of the molecule is COc1ccc([C@@H]2C=C[C@@H]3C(=O)N(C(=O)OC(C)(C)C)C[C@H]3[C@H]2c2ccc(Cl)cc2)c(Cl)c1.COc1ccc([C@@H]2CC[C@H]3C(=O)N(C(=O)OC(C)(C)C)C[C@H]3[C@H]2c2ccc(Cl)cc2)c(Cl)c1. The smallest absolute Gasteiger partial charge is 0.417 e. The number of halogens is 4. The van der Waals surface area contributed by atoms with Crippen molar-refractivity contribution >= 4 is 70.4 Å². The maximum absolute atomic E-state index is 13.3. The quantitative estimate of drug-likeness (QED) is 0.176. The minimum Gasteiger partial charge on any atom is -0.497 e. The minimum absolute atomic E-state index is 0.00305. The minimum atomic E-state index is -0.685. The van der Waals surface area contributed by atoms with Gasteiger partial charge in [-0.25, -0.2) is 19.4 Å². The number of fused-ring (bicyclic) bond motifs is 2. The van der Waals surface area contributed by atoms with Crippen molar-refractivity contribution in [2.24, 2.45) is 23.7 Å². The van der Waals surface area contributed by atoms with Gasteiger partial charge in [0.15, 0.2) is 0 Å². The topological polar surface area (TPSA) is 112 Å². The van der Waals surface area contributed by atoms with Crippen LogP contribution in [-0.4, -0.2) is 72.3 Å². The summed E-state index contributed by atoms with van der Waals surface area (Å²) in [6, 6.07) is 26.8. The standard InChI is InChI=1S/C26H29Cl2NO4.C26H27Cl2NO4/c2*1-26(2,3)33-25(31)29-14-21-20(24(29)30)12-11-19(18-10-9-17(32-4)13-22(18)28)23(21)15-5-7-16(27)8-6-15/h5-10,13,19-21,23H,11-12,14H2,1-4H3;5-13,19-21,23H,14H2,1-4H3/t19-,20+,21+,23-;19-,20-,21+,23-/m00/s1. The second-order valence-corrected chi connectivity index (χ2v) is 21.0. The van der Waals surface area contributed by atoms with Crippen LogP contribution in [0.2, 0.25) is 20.1 Å². The van der Waals surface area contributed by atoms with Crippen molar-refractivity contribution in [3.8, 4) is 11.5 Å². The lowest BCUT2D eigenvalue weighted by Crippen LogP contribution is -2.38. The van der Waals surface area contributed by atoms with Crippen LogP contribution in [0.3, 0.4) is 0 Å². The number of allylic oxidation sites excluding steroid dienone is 1. The molecular formula is C52H56Cl4N2O8. The number of carbonyl (C=O) groups is 4. The second kappa shape index (κ2) is 19.8. The van der Waals surface area contributed by atoms with E-state index >= 15 is 0 Å². The highest BCUT2D eigenvalue weighted by atomic mass is 35.5. The number of ether oxygens (including phenoxy) is 4. The van der Waals surface area contributed by atoms with Crippen molar-refractivity contribution in [3.63, 3.8) is 0 Å². The summed E-state index contributed by atoms with van der Waals surface area (Å²) in [5, 5.41) is 2.53. The molecule has 0 spiro atoms. The van der Waals surface area contributed by atoms with Crippen LogP contribution in [0.4, 0.5) is 9.59 Å². The van der Waals surface area contributed by atoms with Crippen LogP contribution in [0, 0.1) is 23.7 Å². The molecule has 8 atom stereocenters. The first kappa shape index (κ1) is 49.2. The van der Waals surface area contributed by atoms with Gasteiger partial charge in [-0.2, -0.15) is 0 Å². The molecule has 8 rings (SSSR count). The zero-order valence-electron chi connectivity index (χ0n) is 38.4. The van der Waals surface area contributed by atoms with Gasteiger partial charge in [-0.05, 0) is 155 Å². The molecule has 350 valence electrons. The Hall–Kier alpha value is -4.74. The Morgan fingerprint density at radius 2 is 0.985 bits per heavy atom. The van der Waals surface area contributed by atoms with Crippen LogP contribution in [0.1, 0.15) is 100 Å². The average molecular weight is 979 g/mol. The van der Waals surface area contributed by atoms with Gasteiger partial charge in [0.2, 0.25) is 11.8 Å². The molecule has 66 heavy (non-hydrogen) atoms. The van der Waals surface area contributed by atoms with E-state index in [0.717, 1.165) is 28.7 Å². The molecule has 14 heteroatoms. The Bertz CT molecular complexity index is 2480. The maximum Gasteiger partial charge on any atom is 0.417 e. The van der Waals surface area contributed by atoms with E-state index in [-0.39, 0.29) is 59.8 Å². The van der Waals surface area contributed by atoms with Gasteiger partial charge in [-0.15, -0.1) is 0 Å². The molecule has 0 N–H and O–H groups in total. The molecule has 0 unspecified atom stereocenters. The molecule has 4 aromatic carbocycles. The molecule has 0 aromatic heterocycles. The molecule has 2 aliphatic carbocycles. The van der Waals surface area contributed by atoms with Crippen molar-refractivity contribution < 1.29 is 38.1 Å².